The highest BCUT2D eigenvalue weighted by Gasteiger charge is 2.80. The topological polar surface area (TPSA) is 137 Å². The number of aliphatic hydroxyl groups excluding tert-OH is 1. The molecule has 4 heterocycles. The number of epoxide rings is 1. The van der Waals surface area contributed by atoms with Gasteiger partial charge in [0.05, 0.1) is 35.2 Å². The minimum Gasteiger partial charge on any atom is -0.609 e. The molecular formula is C40H46F3N3O6S. The second kappa shape index (κ2) is 13.4. The van der Waals surface area contributed by atoms with Crippen molar-refractivity contribution in [2.75, 3.05) is 6.61 Å². The number of halogens is 3. The molecule has 1 saturated heterocycles. The maximum absolute atomic E-state index is 12.5. The number of ether oxygens (including phenoxy) is 2. The molecule has 1 unspecified atom stereocenters. The lowest BCUT2D eigenvalue weighted by molar-refractivity contribution is -0.153. The number of para-hydroxylation sites is 2. The summed E-state index contributed by atoms with van der Waals surface area (Å²) < 4.78 is 66.0. The number of hydrogen-bond acceptors (Lipinski definition) is 8. The Bertz CT molecular complexity index is 1990. The molecule has 0 amide bonds. The number of pyridine rings is 1. The Kier molecular flexibility index (Phi) is 9.26. The smallest absolute Gasteiger partial charge is 0.422 e. The molecule has 1 aliphatic heterocycles. The van der Waals surface area contributed by atoms with Crippen LogP contribution in [0.4, 0.5) is 13.2 Å². The van der Waals surface area contributed by atoms with Gasteiger partial charge < -0.3 is 23.6 Å². The molecule has 53 heavy (non-hydrogen) atoms. The van der Waals surface area contributed by atoms with Crippen LogP contribution in [0.25, 0.3) is 11.0 Å². The first-order chi connectivity index (χ1) is 25.2. The third-order valence-electron chi connectivity index (χ3n) is 13.7. The van der Waals surface area contributed by atoms with Crippen molar-refractivity contribution in [2.24, 2.45) is 28.6 Å². The summed E-state index contributed by atoms with van der Waals surface area (Å²) in [6, 6.07) is 12.2. The lowest BCUT2D eigenvalue weighted by Crippen LogP contribution is -2.58. The number of benzene rings is 1. The van der Waals surface area contributed by atoms with Crippen LogP contribution in [-0.2, 0) is 21.7 Å². The SMILES string of the molecule is C[C@]12CC[C@H](O)C[C@H]1CC[C@@H]1[C@@H]2CC[C@]2(C)[C@@H](c3ccc(=O)oc3)C[C@H]3O[C@]132.Cc1c(OCC(F)(F)F)ccnc1C[S+]([O-])c1nc2ccccc2[nH]1. The van der Waals surface area contributed by atoms with E-state index in [1.807, 2.05) is 24.3 Å². The predicted octanol–water partition coefficient (Wildman–Crippen LogP) is 7.77. The highest BCUT2D eigenvalue weighted by Crippen LogP contribution is 2.78. The zero-order valence-corrected chi connectivity index (χ0v) is 31.0. The Morgan fingerprint density at radius 3 is 2.62 bits per heavy atom. The van der Waals surface area contributed by atoms with Crippen molar-refractivity contribution in [2.45, 2.75) is 113 Å². The van der Waals surface area contributed by atoms with Crippen molar-refractivity contribution < 1.29 is 36.7 Å². The van der Waals surface area contributed by atoms with Crippen molar-refractivity contribution in [3.63, 3.8) is 0 Å². The van der Waals surface area contributed by atoms with E-state index >= 15 is 0 Å². The quantitative estimate of drug-likeness (QED) is 0.151. The summed E-state index contributed by atoms with van der Waals surface area (Å²) in [6.07, 6.45) is 8.06. The highest BCUT2D eigenvalue weighted by atomic mass is 32.2. The summed E-state index contributed by atoms with van der Waals surface area (Å²) in [7, 11) is 0. The van der Waals surface area contributed by atoms with Crippen molar-refractivity contribution in [3.8, 4) is 5.75 Å². The Hall–Kier alpha value is -3.39. The Morgan fingerprint density at radius 2 is 1.87 bits per heavy atom. The molecule has 4 saturated carbocycles. The summed E-state index contributed by atoms with van der Waals surface area (Å²) in [4.78, 5) is 22.8. The van der Waals surface area contributed by atoms with Crippen LogP contribution in [-0.4, -0.2) is 55.2 Å². The second-order valence-electron chi connectivity index (χ2n) is 16.3. The first-order valence-corrected chi connectivity index (χ1v) is 20.0. The van der Waals surface area contributed by atoms with Crippen molar-refractivity contribution in [1.82, 2.24) is 15.0 Å². The molecule has 3 aromatic heterocycles. The van der Waals surface area contributed by atoms with E-state index in [1.54, 1.807) is 25.3 Å². The van der Waals surface area contributed by atoms with Gasteiger partial charge in [0.2, 0.25) is 0 Å². The van der Waals surface area contributed by atoms with Crippen molar-refractivity contribution in [1.29, 1.82) is 0 Å². The molecule has 5 aliphatic rings. The molecule has 9 nitrogen and oxygen atoms in total. The molecule has 0 radical (unpaired) electrons. The summed E-state index contributed by atoms with van der Waals surface area (Å²) >= 11 is -1.51. The van der Waals surface area contributed by atoms with Gasteiger partial charge in [-0.3, -0.25) is 9.97 Å². The van der Waals surface area contributed by atoms with E-state index < -0.39 is 24.0 Å². The van der Waals surface area contributed by atoms with E-state index in [1.165, 1.54) is 49.9 Å². The van der Waals surface area contributed by atoms with Gasteiger partial charge in [-0.1, -0.05) is 26.0 Å². The lowest BCUT2D eigenvalue weighted by atomic mass is 9.44. The van der Waals surface area contributed by atoms with Gasteiger partial charge in [0.1, 0.15) is 11.4 Å². The van der Waals surface area contributed by atoms with Gasteiger partial charge in [-0.05, 0) is 117 Å². The molecule has 284 valence electrons. The van der Waals surface area contributed by atoms with Gasteiger partial charge in [-0.25, -0.2) is 4.79 Å². The van der Waals surface area contributed by atoms with Gasteiger partial charge in [-0.15, -0.1) is 0 Å². The van der Waals surface area contributed by atoms with E-state index in [0.29, 0.717) is 51.2 Å². The molecule has 13 heteroatoms. The third kappa shape index (κ3) is 6.38. The monoisotopic (exact) mass is 753 g/mol. The zero-order chi connectivity index (χ0) is 37.3. The first kappa shape index (κ1) is 36.6. The fourth-order valence-electron chi connectivity index (χ4n) is 11.0. The fourth-order valence-corrected chi connectivity index (χ4v) is 12.1. The van der Waals surface area contributed by atoms with Crippen LogP contribution in [0, 0.1) is 35.5 Å². The Labute approximate surface area is 309 Å². The van der Waals surface area contributed by atoms with E-state index in [4.69, 9.17) is 13.9 Å². The molecule has 1 spiro atoms. The molecule has 2 N–H and O–H groups in total. The number of aromatic nitrogens is 3. The Morgan fingerprint density at radius 1 is 1.06 bits per heavy atom. The second-order valence-corrected chi connectivity index (χ2v) is 17.7. The first-order valence-electron chi connectivity index (χ1n) is 18.6. The molecule has 4 aromatic rings. The minimum atomic E-state index is -4.42. The van der Waals surface area contributed by atoms with Crippen LogP contribution >= 0.6 is 0 Å². The number of nitrogens with one attached hydrogen (secondary N) is 1. The number of rotatable bonds is 6. The number of nitrogens with zero attached hydrogens (tertiary/aromatic N) is 2. The van der Waals surface area contributed by atoms with E-state index in [2.05, 4.69) is 28.8 Å². The summed E-state index contributed by atoms with van der Waals surface area (Å²) in [5, 5.41) is 10.5. The van der Waals surface area contributed by atoms with Crippen LogP contribution in [0.2, 0.25) is 0 Å². The average molecular weight is 754 g/mol. The lowest BCUT2D eigenvalue weighted by Gasteiger charge is -2.61. The van der Waals surface area contributed by atoms with Gasteiger partial charge >= 0.3 is 17.0 Å². The largest absolute Gasteiger partial charge is 0.609 e. The van der Waals surface area contributed by atoms with Gasteiger partial charge in [-0.2, -0.15) is 18.2 Å². The number of imidazole rings is 1. The number of fused-ring (bicyclic) bond motifs is 4. The molecule has 1 aromatic carbocycles. The molecule has 0 bridgehead atoms. The summed E-state index contributed by atoms with van der Waals surface area (Å²) in [5.74, 6) is 2.57. The number of hydrogen-bond donors (Lipinski definition) is 2. The van der Waals surface area contributed by atoms with E-state index in [9.17, 15) is 27.6 Å². The zero-order valence-electron chi connectivity index (χ0n) is 30.2. The van der Waals surface area contributed by atoms with Crippen molar-refractivity contribution >= 4 is 22.2 Å². The highest BCUT2D eigenvalue weighted by molar-refractivity contribution is 7.90. The maximum atomic E-state index is 12.5. The minimum absolute atomic E-state index is 0.0227. The number of alkyl halides is 3. The molecule has 5 fully saturated rings. The third-order valence-corrected chi connectivity index (χ3v) is 14.8. The van der Waals surface area contributed by atoms with Crippen molar-refractivity contribution in [3.05, 3.63) is 82.2 Å². The van der Waals surface area contributed by atoms with Gasteiger partial charge in [0.15, 0.2) is 12.4 Å². The van der Waals surface area contributed by atoms with E-state index in [-0.39, 0.29) is 34.2 Å². The standard InChI is InChI=1S/C24H32O4.C16H14F3N3O2S/c1-22-9-7-16(25)11-15(22)4-5-18-17(22)8-10-23(2)19(12-20-24(18,23)28-20)14-3-6-21(26)27-13-14;1-10-13(20-7-6-14(10)24-9-16(17,18)19)8-25(23)15-21-11-4-2-3-5-12(11)22-15/h3,6,13,15-20,25H,4-5,7-12H2,1-2H3;2-7H,8-9H2,1H3,(H,21,22)/t15-,16+,17+,18-,19-,20-,22+,23-,24-;/m1./s1. The number of H-pyrrole nitrogens is 1. The molecule has 9 rings (SSSR count). The summed E-state index contributed by atoms with van der Waals surface area (Å²) in [5.41, 5.74) is 3.72. The van der Waals surface area contributed by atoms with Crippen LogP contribution in [0.15, 0.2) is 69.3 Å². The van der Waals surface area contributed by atoms with Crippen LogP contribution in [0.3, 0.4) is 0 Å². The fraction of sp³-hybridized carbons (Fsp3) is 0.575. The maximum Gasteiger partial charge on any atom is 0.422 e. The molecule has 10 atom stereocenters. The van der Waals surface area contributed by atoms with Crippen LogP contribution in [0.5, 0.6) is 5.75 Å². The number of aliphatic hydroxyl groups is 1. The normalized spacial score (nSPS) is 34.9. The van der Waals surface area contributed by atoms with Gasteiger partial charge in [0, 0.05) is 34.4 Å². The Balaban J connectivity index is 0.000000152. The van der Waals surface area contributed by atoms with Gasteiger partial charge in [0.25, 0.3) is 0 Å². The predicted molar refractivity (Wildman–Crippen MR) is 192 cm³/mol. The van der Waals surface area contributed by atoms with Crippen LogP contribution < -0.4 is 10.4 Å². The van der Waals surface area contributed by atoms with E-state index in [0.717, 1.165) is 30.7 Å². The average Bonchev–Trinajstić information content (AvgIpc) is 3.56. The van der Waals surface area contributed by atoms with Crippen LogP contribution in [0.1, 0.15) is 88.0 Å². The molecule has 4 aliphatic carbocycles. The summed E-state index contributed by atoms with van der Waals surface area (Å²) in [6.45, 7) is 5.17. The number of aromatic amines is 1. The molecular weight excluding hydrogens is 708 g/mol.